The fourth-order valence-corrected chi connectivity index (χ4v) is 1.62. The van der Waals surface area contributed by atoms with Gasteiger partial charge in [-0.25, -0.2) is 0 Å². The summed E-state index contributed by atoms with van der Waals surface area (Å²) in [6, 6.07) is 17.9. The van der Waals surface area contributed by atoms with Crippen LogP contribution in [0.4, 0.5) is 0 Å². The van der Waals surface area contributed by atoms with Gasteiger partial charge in [-0.2, -0.15) is 0 Å². The van der Waals surface area contributed by atoms with Crippen LogP contribution in [0.25, 0.3) is 0 Å². The minimum Gasteiger partial charge on any atom is -0.492 e. The van der Waals surface area contributed by atoms with Crippen molar-refractivity contribution in [3.63, 3.8) is 0 Å². The Balaban J connectivity index is 1.92. The monoisotopic (exact) mass is 227 g/mol. The molecule has 0 aliphatic rings. The fraction of sp³-hybridized carbons (Fsp3) is 0.200. The zero-order valence-corrected chi connectivity index (χ0v) is 9.97. The van der Waals surface area contributed by atoms with E-state index in [4.69, 9.17) is 10.5 Å². The van der Waals surface area contributed by atoms with Crippen LogP contribution >= 0.6 is 0 Å². The molecule has 0 radical (unpaired) electrons. The van der Waals surface area contributed by atoms with Crippen LogP contribution in [0.5, 0.6) is 5.75 Å². The Morgan fingerprint density at radius 1 is 1.00 bits per heavy atom. The van der Waals surface area contributed by atoms with Gasteiger partial charge in [0.2, 0.25) is 0 Å². The van der Waals surface area contributed by atoms with Crippen LogP contribution in [-0.4, -0.2) is 6.61 Å². The average molecular weight is 227 g/mol. The number of benzene rings is 2. The first kappa shape index (κ1) is 11.7. The molecule has 2 aromatic rings. The van der Waals surface area contributed by atoms with Gasteiger partial charge in [0.1, 0.15) is 12.4 Å². The number of hydrogen-bond donors (Lipinski definition) is 1. The first-order valence-corrected chi connectivity index (χ1v) is 5.76. The summed E-state index contributed by atoms with van der Waals surface area (Å²) >= 11 is 0. The summed E-state index contributed by atoms with van der Waals surface area (Å²) in [6.45, 7) is 2.55. The molecule has 0 aliphatic heterocycles. The number of nitrogens with two attached hydrogens (primary N) is 1. The molecule has 0 aliphatic carbocycles. The molecule has 0 heterocycles. The molecule has 0 aromatic heterocycles. The molecule has 0 fully saturated rings. The Labute approximate surface area is 102 Å². The van der Waals surface area contributed by atoms with E-state index >= 15 is 0 Å². The molecule has 0 saturated heterocycles. The largest absolute Gasteiger partial charge is 0.492 e. The zero-order valence-electron chi connectivity index (χ0n) is 9.97. The van der Waals surface area contributed by atoms with Crippen molar-refractivity contribution in [3.05, 3.63) is 65.7 Å². The first-order chi connectivity index (χ1) is 8.25. The van der Waals surface area contributed by atoms with Crippen LogP contribution in [0.15, 0.2) is 54.6 Å². The minimum atomic E-state index is -0.0856. The predicted molar refractivity (Wildman–Crippen MR) is 70.0 cm³/mol. The molecule has 0 amide bonds. The summed E-state index contributed by atoms with van der Waals surface area (Å²) in [4.78, 5) is 0. The van der Waals surface area contributed by atoms with Crippen molar-refractivity contribution >= 4 is 0 Å². The molecule has 2 heteroatoms. The fourth-order valence-electron chi connectivity index (χ4n) is 1.62. The number of hydrogen-bond acceptors (Lipinski definition) is 2. The smallest absolute Gasteiger partial charge is 0.119 e. The van der Waals surface area contributed by atoms with Crippen LogP contribution in [-0.2, 0) is 0 Å². The highest BCUT2D eigenvalue weighted by Crippen LogP contribution is 2.15. The van der Waals surface area contributed by atoms with Gasteiger partial charge in [0.05, 0.1) is 6.04 Å². The number of ether oxygens (including phenoxy) is 1. The maximum atomic E-state index is 6.05. The minimum absolute atomic E-state index is 0.0856. The topological polar surface area (TPSA) is 35.2 Å². The van der Waals surface area contributed by atoms with Crippen molar-refractivity contribution in [2.45, 2.75) is 13.0 Å². The lowest BCUT2D eigenvalue weighted by Gasteiger charge is -2.13. The van der Waals surface area contributed by atoms with Crippen LogP contribution in [0.2, 0.25) is 0 Å². The molecule has 2 nitrogen and oxygen atoms in total. The highest BCUT2D eigenvalue weighted by molar-refractivity contribution is 5.26. The van der Waals surface area contributed by atoms with Crippen molar-refractivity contribution in [2.75, 3.05) is 6.61 Å². The van der Waals surface area contributed by atoms with Gasteiger partial charge in [0.25, 0.3) is 0 Å². The summed E-state index contributed by atoms with van der Waals surface area (Å²) in [5.74, 6) is 0.863. The molecule has 2 N–H and O–H groups in total. The average Bonchev–Trinajstić information content (AvgIpc) is 2.39. The van der Waals surface area contributed by atoms with E-state index in [9.17, 15) is 0 Å². The van der Waals surface area contributed by atoms with Crippen molar-refractivity contribution in [1.29, 1.82) is 0 Å². The molecule has 17 heavy (non-hydrogen) atoms. The van der Waals surface area contributed by atoms with Gasteiger partial charge in [-0.1, -0.05) is 48.0 Å². The highest BCUT2D eigenvalue weighted by Gasteiger charge is 2.05. The van der Waals surface area contributed by atoms with E-state index in [2.05, 4.69) is 6.92 Å². The maximum absolute atomic E-state index is 6.05. The van der Waals surface area contributed by atoms with Crippen LogP contribution in [0.1, 0.15) is 17.2 Å². The van der Waals surface area contributed by atoms with E-state index in [1.165, 1.54) is 5.56 Å². The summed E-state index contributed by atoms with van der Waals surface area (Å²) in [5.41, 5.74) is 8.37. The molecular formula is C15H17NO. The summed E-state index contributed by atoms with van der Waals surface area (Å²) < 4.78 is 5.65. The molecule has 2 aromatic carbocycles. The predicted octanol–water partition coefficient (Wildman–Crippen LogP) is 3.07. The maximum Gasteiger partial charge on any atom is 0.119 e. The van der Waals surface area contributed by atoms with Crippen molar-refractivity contribution in [2.24, 2.45) is 5.73 Å². The number of aryl methyl sites for hydroxylation is 1. The highest BCUT2D eigenvalue weighted by atomic mass is 16.5. The molecular weight excluding hydrogens is 210 g/mol. The van der Waals surface area contributed by atoms with E-state index < -0.39 is 0 Å². The Kier molecular flexibility index (Phi) is 3.78. The van der Waals surface area contributed by atoms with E-state index in [1.807, 2.05) is 54.6 Å². The molecule has 1 unspecified atom stereocenters. The van der Waals surface area contributed by atoms with Gasteiger partial charge in [0.15, 0.2) is 0 Å². The Morgan fingerprint density at radius 2 is 1.65 bits per heavy atom. The quantitative estimate of drug-likeness (QED) is 0.871. The van der Waals surface area contributed by atoms with Crippen molar-refractivity contribution in [3.8, 4) is 5.75 Å². The third-order valence-corrected chi connectivity index (χ3v) is 2.68. The Morgan fingerprint density at radius 3 is 2.29 bits per heavy atom. The van der Waals surface area contributed by atoms with Crippen molar-refractivity contribution < 1.29 is 4.74 Å². The molecule has 0 saturated carbocycles. The molecule has 0 bridgehead atoms. The summed E-state index contributed by atoms with van der Waals surface area (Å²) in [7, 11) is 0. The van der Waals surface area contributed by atoms with E-state index in [1.54, 1.807) is 0 Å². The number of rotatable bonds is 4. The van der Waals surface area contributed by atoms with Gasteiger partial charge in [-0.3, -0.25) is 0 Å². The lowest BCUT2D eigenvalue weighted by atomic mass is 10.1. The lowest BCUT2D eigenvalue weighted by molar-refractivity contribution is 0.290. The van der Waals surface area contributed by atoms with Gasteiger partial charge in [-0.05, 0) is 24.6 Å². The van der Waals surface area contributed by atoms with Crippen molar-refractivity contribution in [1.82, 2.24) is 0 Å². The van der Waals surface area contributed by atoms with Gasteiger partial charge in [-0.15, -0.1) is 0 Å². The van der Waals surface area contributed by atoms with Crippen LogP contribution in [0, 0.1) is 6.92 Å². The van der Waals surface area contributed by atoms with Gasteiger partial charge >= 0.3 is 0 Å². The Bertz CT molecular complexity index is 450. The molecule has 88 valence electrons. The SMILES string of the molecule is Cc1ccc(OCC(N)c2ccccc2)cc1. The van der Waals surface area contributed by atoms with Gasteiger partial charge < -0.3 is 10.5 Å². The molecule has 2 rings (SSSR count). The third-order valence-electron chi connectivity index (χ3n) is 2.68. The second kappa shape index (κ2) is 5.51. The van der Waals surface area contributed by atoms with Crippen LogP contribution < -0.4 is 10.5 Å². The summed E-state index contributed by atoms with van der Waals surface area (Å²) in [6.07, 6.45) is 0. The second-order valence-electron chi connectivity index (χ2n) is 4.14. The normalized spacial score (nSPS) is 12.1. The van der Waals surface area contributed by atoms with Crippen LogP contribution in [0.3, 0.4) is 0 Å². The third kappa shape index (κ3) is 3.33. The molecule has 0 spiro atoms. The second-order valence-corrected chi connectivity index (χ2v) is 4.14. The zero-order chi connectivity index (χ0) is 12.1. The molecule has 1 atom stereocenters. The lowest BCUT2D eigenvalue weighted by Crippen LogP contribution is -2.18. The standard InChI is InChI=1S/C15H17NO/c1-12-7-9-14(10-8-12)17-11-15(16)13-5-3-2-4-6-13/h2-10,15H,11,16H2,1H3. The first-order valence-electron chi connectivity index (χ1n) is 5.76. The van der Waals surface area contributed by atoms with E-state index in [0.29, 0.717) is 6.61 Å². The Hall–Kier alpha value is -1.80. The van der Waals surface area contributed by atoms with Gasteiger partial charge in [0, 0.05) is 0 Å². The van der Waals surface area contributed by atoms with E-state index in [-0.39, 0.29) is 6.04 Å². The van der Waals surface area contributed by atoms with E-state index in [0.717, 1.165) is 11.3 Å². The summed E-state index contributed by atoms with van der Waals surface area (Å²) in [5, 5.41) is 0.